The van der Waals surface area contributed by atoms with Crippen LogP contribution in [0.5, 0.6) is 0 Å². The van der Waals surface area contributed by atoms with E-state index in [9.17, 15) is 22.8 Å². The lowest BCUT2D eigenvalue weighted by molar-refractivity contribution is 0.0527. The van der Waals surface area contributed by atoms with Crippen LogP contribution in [0.1, 0.15) is 56.7 Å². The summed E-state index contributed by atoms with van der Waals surface area (Å²) in [5, 5.41) is 2.72. The second-order valence-electron chi connectivity index (χ2n) is 6.09. The van der Waals surface area contributed by atoms with Crippen molar-refractivity contribution in [1.82, 2.24) is 0 Å². The fraction of sp³-hybridized carbons (Fsp3) is 0.350. The number of rotatable bonds is 8. The van der Waals surface area contributed by atoms with Gasteiger partial charge in [-0.15, -0.1) is 11.3 Å². The molecule has 1 aromatic heterocycles. The highest BCUT2D eigenvalue weighted by Crippen LogP contribution is 2.34. The number of anilines is 1. The number of carbonyl (C=O) groups excluding carboxylic acids is 3. The molecule has 162 valence electrons. The van der Waals surface area contributed by atoms with Crippen LogP contribution >= 0.6 is 11.3 Å². The van der Waals surface area contributed by atoms with Gasteiger partial charge in [-0.2, -0.15) is 0 Å². The third-order valence-electron chi connectivity index (χ3n) is 4.15. The number of hydrogen-bond donors (Lipinski definition) is 1. The Labute approximate surface area is 179 Å². The van der Waals surface area contributed by atoms with Crippen molar-refractivity contribution in [2.75, 3.05) is 24.3 Å². The quantitative estimate of drug-likeness (QED) is 0.609. The van der Waals surface area contributed by atoms with Crippen molar-refractivity contribution in [3.8, 4) is 0 Å². The summed E-state index contributed by atoms with van der Waals surface area (Å²) in [7, 11) is -3.49. The summed E-state index contributed by atoms with van der Waals surface area (Å²) in [6.45, 7) is 6.66. The lowest BCUT2D eigenvalue weighted by atomic mass is 10.1. The van der Waals surface area contributed by atoms with Gasteiger partial charge in [-0.05, 0) is 44.5 Å². The largest absolute Gasteiger partial charge is 0.462 e. The van der Waals surface area contributed by atoms with Crippen molar-refractivity contribution in [1.29, 1.82) is 0 Å². The molecule has 1 heterocycles. The van der Waals surface area contributed by atoms with E-state index in [0.717, 1.165) is 11.3 Å². The highest BCUT2D eigenvalue weighted by Gasteiger charge is 2.27. The fourth-order valence-electron chi connectivity index (χ4n) is 2.61. The number of esters is 2. The number of ether oxygens (including phenoxy) is 2. The van der Waals surface area contributed by atoms with E-state index in [0.29, 0.717) is 5.56 Å². The van der Waals surface area contributed by atoms with Crippen LogP contribution in [-0.4, -0.2) is 45.2 Å². The first-order valence-corrected chi connectivity index (χ1v) is 11.7. The van der Waals surface area contributed by atoms with E-state index < -0.39 is 27.7 Å². The summed E-state index contributed by atoms with van der Waals surface area (Å²) in [6.07, 6.45) is 0. The monoisotopic (exact) mass is 453 g/mol. The lowest BCUT2D eigenvalue weighted by Crippen LogP contribution is -2.15. The Balaban J connectivity index is 2.45. The Morgan fingerprint density at radius 3 is 2.27 bits per heavy atom. The molecular weight excluding hydrogens is 430 g/mol. The molecule has 0 unspecified atom stereocenters. The maximum Gasteiger partial charge on any atom is 0.348 e. The zero-order valence-corrected chi connectivity index (χ0v) is 18.7. The van der Waals surface area contributed by atoms with Crippen LogP contribution < -0.4 is 5.32 Å². The molecule has 30 heavy (non-hydrogen) atoms. The third kappa shape index (κ3) is 5.06. The first kappa shape index (κ1) is 23.6. The summed E-state index contributed by atoms with van der Waals surface area (Å²) in [4.78, 5) is 37.6. The van der Waals surface area contributed by atoms with Crippen molar-refractivity contribution in [2.45, 2.75) is 32.6 Å². The van der Waals surface area contributed by atoms with Crippen molar-refractivity contribution in [3.63, 3.8) is 0 Å². The van der Waals surface area contributed by atoms with Crippen LogP contribution in [0.4, 0.5) is 5.00 Å². The summed E-state index contributed by atoms with van der Waals surface area (Å²) in [5.41, 5.74) is 0.508. The van der Waals surface area contributed by atoms with Gasteiger partial charge < -0.3 is 14.8 Å². The van der Waals surface area contributed by atoms with Crippen molar-refractivity contribution < 1.29 is 32.3 Å². The highest BCUT2D eigenvalue weighted by atomic mass is 32.2. The molecule has 0 aliphatic carbocycles. The molecule has 0 atom stereocenters. The molecule has 2 aromatic rings. The molecule has 0 fully saturated rings. The van der Waals surface area contributed by atoms with E-state index in [4.69, 9.17) is 9.47 Å². The molecule has 10 heteroatoms. The van der Waals surface area contributed by atoms with Gasteiger partial charge in [-0.25, -0.2) is 18.0 Å². The minimum absolute atomic E-state index is 0.0258. The molecule has 1 amide bonds. The van der Waals surface area contributed by atoms with Gasteiger partial charge in [0.25, 0.3) is 5.91 Å². The van der Waals surface area contributed by atoms with Crippen LogP contribution in [0.3, 0.4) is 0 Å². The predicted octanol–water partition coefficient (Wildman–Crippen LogP) is 3.46. The summed E-state index contributed by atoms with van der Waals surface area (Å²) < 4.78 is 34.2. The normalized spacial score (nSPS) is 11.1. The van der Waals surface area contributed by atoms with E-state index in [2.05, 4.69) is 5.32 Å². The standard InChI is InChI=1S/C20H23NO7S2/c1-5-27-19(23)15-12(4)16(20(24)28-6-2)29-18(15)21-17(22)13-9-8-10-14(11-13)30(25,26)7-3/h8-11H,5-7H2,1-4H3,(H,21,22). The average Bonchev–Trinajstić information content (AvgIpc) is 3.04. The van der Waals surface area contributed by atoms with Crippen LogP contribution in [0.2, 0.25) is 0 Å². The van der Waals surface area contributed by atoms with Gasteiger partial charge in [0, 0.05) is 5.56 Å². The molecule has 1 N–H and O–H groups in total. The SMILES string of the molecule is CCOC(=O)c1sc(NC(=O)c2cccc(S(=O)(=O)CC)c2)c(C(=O)OCC)c1C. The summed E-state index contributed by atoms with van der Waals surface area (Å²) >= 11 is 0.900. The van der Waals surface area contributed by atoms with Gasteiger partial charge in [0.1, 0.15) is 9.88 Å². The fourth-order valence-corrected chi connectivity index (χ4v) is 4.62. The molecule has 1 aromatic carbocycles. The average molecular weight is 454 g/mol. The van der Waals surface area contributed by atoms with E-state index in [1.807, 2.05) is 0 Å². The predicted molar refractivity (Wildman–Crippen MR) is 113 cm³/mol. The summed E-state index contributed by atoms with van der Waals surface area (Å²) in [6, 6.07) is 5.60. The zero-order valence-electron chi connectivity index (χ0n) is 17.1. The van der Waals surface area contributed by atoms with E-state index in [-0.39, 0.29) is 44.9 Å². The number of nitrogens with one attached hydrogen (secondary N) is 1. The Bertz CT molecular complexity index is 1070. The molecule has 0 aliphatic rings. The molecule has 0 aliphatic heterocycles. The second kappa shape index (κ2) is 9.86. The van der Waals surface area contributed by atoms with Crippen LogP contribution in [0, 0.1) is 6.92 Å². The van der Waals surface area contributed by atoms with Gasteiger partial charge in [0.2, 0.25) is 0 Å². The Morgan fingerprint density at radius 1 is 1.03 bits per heavy atom. The van der Waals surface area contributed by atoms with Gasteiger partial charge >= 0.3 is 11.9 Å². The van der Waals surface area contributed by atoms with Crippen LogP contribution in [-0.2, 0) is 19.3 Å². The van der Waals surface area contributed by atoms with E-state index in [1.54, 1.807) is 20.8 Å². The number of hydrogen-bond acceptors (Lipinski definition) is 8. The molecule has 0 spiro atoms. The molecular formula is C20H23NO7S2. The number of carbonyl (C=O) groups is 3. The second-order valence-corrected chi connectivity index (χ2v) is 9.39. The van der Waals surface area contributed by atoms with Crippen molar-refractivity contribution in [2.24, 2.45) is 0 Å². The topological polar surface area (TPSA) is 116 Å². The maximum absolute atomic E-state index is 12.8. The highest BCUT2D eigenvalue weighted by molar-refractivity contribution is 7.91. The molecule has 0 bridgehead atoms. The summed E-state index contributed by atoms with van der Waals surface area (Å²) in [5.74, 6) is -2.01. The molecule has 8 nitrogen and oxygen atoms in total. The van der Waals surface area contributed by atoms with Crippen LogP contribution in [0.15, 0.2) is 29.2 Å². The Morgan fingerprint density at radius 2 is 1.67 bits per heavy atom. The molecule has 0 radical (unpaired) electrons. The number of sulfone groups is 1. The van der Waals surface area contributed by atoms with Gasteiger partial charge in [0.05, 0.1) is 29.4 Å². The zero-order chi connectivity index (χ0) is 22.5. The van der Waals surface area contributed by atoms with Crippen molar-refractivity contribution >= 4 is 44.0 Å². The van der Waals surface area contributed by atoms with Gasteiger partial charge in [-0.3, -0.25) is 4.79 Å². The van der Waals surface area contributed by atoms with Crippen molar-refractivity contribution in [3.05, 3.63) is 45.8 Å². The third-order valence-corrected chi connectivity index (χ3v) is 7.07. The van der Waals surface area contributed by atoms with E-state index >= 15 is 0 Å². The minimum Gasteiger partial charge on any atom is -0.462 e. The Hall–Kier alpha value is -2.72. The van der Waals surface area contributed by atoms with Crippen LogP contribution in [0.25, 0.3) is 0 Å². The lowest BCUT2D eigenvalue weighted by Gasteiger charge is -2.08. The number of thiophene rings is 1. The molecule has 0 saturated carbocycles. The number of amides is 1. The minimum atomic E-state index is -3.49. The smallest absolute Gasteiger partial charge is 0.348 e. The van der Waals surface area contributed by atoms with E-state index in [1.165, 1.54) is 31.2 Å². The maximum atomic E-state index is 12.8. The first-order valence-electron chi connectivity index (χ1n) is 9.28. The van der Waals surface area contributed by atoms with Gasteiger partial charge in [-0.1, -0.05) is 13.0 Å². The number of benzene rings is 1. The molecule has 0 saturated heterocycles. The van der Waals surface area contributed by atoms with Gasteiger partial charge in [0.15, 0.2) is 9.84 Å². The Kier molecular flexibility index (Phi) is 7.74. The first-order chi connectivity index (χ1) is 14.2. The molecule has 2 rings (SSSR count).